The van der Waals surface area contributed by atoms with Gasteiger partial charge < -0.3 is 10.1 Å². The summed E-state index contributed by atoms with van der Waals surface area (Å²) in [6.45, 7) is 3.19. The lowest BCUT2D eigenvalue weighted by atomic mass is 9.80. The standard InChI is InChI=1S/C16H21FN2O4S/c1-2-7-18-15(20)16-10-19(8-12(16)9-23-11-16)24(21,22)14-6-4-3-5-13(14)17/h3-6,12H,2,7-11H2,1H3,(H,18,20)/t12-,16-/m1/s1. The minimum Gasteiger partial charge on any atom is -0.380 e. The zero-order valence-electron chi connectivity index (χ0n) is 13.5. The molecule has 24 heavy (non-hydrogen) atoms. The lowest BCUT2D eigenvalue weighted by molar-refractivity contribution is -0.131. The fourth-order valence-corrected chi connectivity index (χ4v) is 5.02. The molecule has 1 aromatic rings. The number of carbonyl (C=O) groups excluding carboxylic acids is 1. The summed E-state index contributed by atoms with van der Waals surface area (Å²) in [4.78, 5) is 12.2. The predicted octanol–water partition coefficient (Wildman–Crippen LogP) is 0.989. The smallest absolute Gasteiger partial charge is 0.246 e. The lowest BCUT2D eigenvalue weighted by Crippen LogP contribution is -2.47. The molecule has 1 N–H and O–H groups in total. The molecule has 2 aliphatic rings. The van der Waals surface area contributed by atoms with E-state index in [0.29, 0.717) is 13.2 Å². The van der Waals surface area contributed by atoms with Crippen LogP contribution in [0, 0.1) is 17.2 Å². The van der Waals surface area contributed by atoms with Crippen LogP contribution in [-0.2, 0) is 19.6 Å². The fourth-order valence-electron chi connectivity index (χ4n) is 3.40. The van der Waals surface area contributed by atoms with E-state index in [9.17, 15) is 17.6 Å². The zero-order chi connectivity index (χ0) is 17.4. The third-order valence-electron chi connectivity index (χ3n) is 4.78. The molecular formula is C16H21FN2O4S. The topological polar surface area (TPSA) is 75.7 Å². The van der Waals surface area contributed by atoms with Gasteiger partial charge in [-0.2, -0.15) is 4.31 Å². The van der Waals surface area contributed by atoms with Gasteiger partial charge in [0, 0.05) is 25.6 Å². The van der Waals surface area contributed by atoms with Crippen LogP contribution in [0.3, 0.4) is 0 Å². The van der Waals surface area contributed by atoms with Crippen molar-refractivity contribution in [2.24, 2.45) is 11.3 Å². The van der Waals surface area contributed by atoms with Crippen LogP contribution in [0.25, 0.3) is 0 Å². The number of ether oxygens (including phenoxy) is 1. The molecule has 8 heteroatoms. The molecule has 2 heterocycles. The molecule has 0 bridgehead atoms. The highest BCUT2D eigenvalue weighted by molar-refractivity contribution is 7.89. The van der Waals surface area contributed by atoms with Crippen LogP contribution < -0.4 is 5.32 Å². The van der Waals surface area contributed by atoms with Gasteiger partial charge >= 0.3 is 0 Å². The van der Waals surface area contributed by atoms with Crippen LogP contribution in [0.5, 0.6) is 0 Å². The van der Waals surface area contributed by atoms with Gasteiger partial charge in [0.25, 0.3) is 0 Å². The van der Waals surface area contributed by atoms with Crippen molar-refractivity contribution in [3.8, 4) is 0 Å². The first-order chi connectivity index (χ1) is 11.4. The number of halogens is 1. The number of sulfonamides is 1. The largest absolute Gasteiger partial charge is 0.380 e. The molecule has 0 spiro atoms. The molecule has 2 atom stereocenters. The van der Waals surface area contributed by atoms with E-state index < -0.39 is 21.3 Å². The Balaban J connectivity index is 1.88. The minimum absolute atomic E-state index is 0.0177. The second-order valence-corrected chi connectivity index (χ2v) is 8.26. The number of rotatable bonds is 5. The highest BCUT2D eigenvalue weighted by atomic mass is 32.2. The van der Waals surface area contributed by atoms with Gasteiger partial charge in [0.05, 0.1) is 18.6 Å². The molecule has 2 fully saturated rings. The summed E-state index contributed by atoms with van der Waals surface area (Å²) in [5.74, 6) is -1.18. The van der Waals surface area contributed by atoms with Gasteiger partial charge in [-0.25, -0.2) is 12.8 Å². The number of carbonyl (C=O) groups is 1. The Morgan fingerprint density at radius 1 is 1.46 bits per heavy atom. The molecule has 2 aliphatic heterocycles. The summed E-state index contributed by atoms with van der Waals surface area (Å²) >= 11 is 0. The van der Waals surface area contributed by atoms with Crippen LogP contribution in [0.15, 0.2) is 29.2 Å². The number of fused-ring (bicyclic) bond motifs is 1. The number of amides is 1. The number of hydrogen-bond acceptors (Lipinski definition) is 4. The average molecular weight is 356 g/mol. The predicted molar refractivity (Wildman–Crippen MR) is 85.2 cm³/mol. The average Bonchev–Trinajstić information content (AvgIpc) is 3.11. The second-order valence-electron chi connectivity index (χ2n) is 6.35. The van der Waals surface area contributed by atoms with Crippen LogP contribution in [0.4, 0.5) is 4.39 Å². The molecule has 0 unspecified atom stereocenters. The highest BCUT2D eigenvalue weighted by Crippen LogP contribution is 2.43. The Bertz CT molecular complexity index is 739. The van der Waals surface area contributed by atoms with Crippen molar-refractivity contribution in [1.29, 1.82) is 0 Å². The normalized spacial score (nSPS) is 27.2. The molecule has 0 aliphatic carbocycles. The SMILES string of the molecule is CCCNC(=O)[C@]12COC[C@H]1CN(S(=O)(=O)c1ccccc1F)C2. The minimum atomic E-state index is -3.98. The van der Waals surface area contributed by atoms with Crippen molar-refractivity contribution in [3.05, 3.63) is 30.1 Å². The number of nitrogens with one attached hydrogen (secondary N) is 1. The summed E-state index contributed by atoms with van der Waals surface area (Å²) in [6, 6.07) is 5.30. The van der Waals surface area contributed by atoms with Gasteiger partial charge in [0.15, 0.2) is 0 Å². The van der Waals surface area contributed by atoms with E-state index >= 15 is 0 Å². The van der Waals surface area contributed by atoms with E-state index in [0.717, 1.165) is 12.5 Å². The quantitative estimate of drug-likeness (QED) is 0.854. The molecule has 1 aromatic carbocycles. The second kappa shape index (κ2) is 6.42. The summed E-state index contributed by atoms with van der Waals surface area (Å²) in [6.07, 6.45) is 0.796. The molecular weight excluding hydrogens is 335 g/mol. The first-order valence-electron chi connectivity index (χ1n) is 8.02. The first-order valence-corrected chi connectivity index (χ1v) is 9.46. The third-order valence-corrected chi connectivity index (χ3v) is 6.63. The maximum atomic E-state index is 13.9. The lowest BCUT2D eigenvalue weighted by Gasteiger charge is -2.25. The van der Waals surface area contributed by atoms with Crippen molar-refractivity contribution in [2.75, 3.05) is 32.8 Å². The van der Waals surface area contributed by atoms with Gasteiger partial charge in [-0.15, -0.1) is 0 Å². The van der Waals surface area contributed by atoms with E-state index in [1.54, 1.807) is 0 Å². The van der Waals surface area contributed by atoms with Crippen LogP contribution in [0.2, 0.25) is 0 Å². The maximum Gasteiger partial charge on any atom is 0.246 e. The van der Waals surface area contributed by atoms with Gasteiger partial charge in [0.1, 0.15) is 10.7 Å². The van der Waals surface area contributed by atoms with Crippen molar-refractivity contribution in [1.82, 2.24) is 9.62 Å². The molecule has 3 rings (SSSR count). The summed E-state index contributed by atoms with van der Waals surface area (Å²) in [5.41, 5.74) is -0.881. The maximum absolute atomic E-state index is 13.9. The Morgan fingerprint density at radius 3 is 2.92 bits per heavy atom. The van der Waals surface area contributed by atoms with E-state index in [2.05, 4.69) is 5.32 Å². The fraction of sp³-hybridized carbons (Fsp3) is 0.562. The Morgan fingerprint density at radius 2 is 2.21 bits per heavy atom. The van der Waals surface area contributed by atoms with Gasteiger partial charge in [-0.1, -0.05) is 19.1 Å². The first kappa shape index (κ1) is 17.3. The highest BCUT2D eigenvalue weighted by Gasteiger charge is 2.58. The number of benzene rings is 1. The molecule has 2 saturated heterocycles. The summed E-state index contributed by atoms with van der Waals surface area (Å²) in [5, 5.41) is 2.85. The van der Waals surface area contributed by atoms with Crippen LogP contribution in [-0.4, -0.2) is 51.5 Å². The third kappa shape index (κ3) is 2.72. The Kier molecular flexibility index (Phi) is 4.63. The molecule has 0 saturated carbocycles. The van der Waals surface area contributed by atoms with Crippen molar-refractivity contribution in [3.63, 3.8) is 0 Å². The Labute approximate surface area is 141 Å². The Hall–Kier alpha value is -1.51. The van der Waals surface area contributed by atoms with Crippen molar-refractivity contribution >= 4 is 15.9 Å². The molecule has 1 amide bonds. The van der Waals surface area contributed by atoms with E-state index in [1.165, 1.54) is 22.5 Å². The molecule has 0 aromatic heterocycles. The van der Waals surface area contributed by atoms with E-state index in [-0.39, 0.29) is 36.4 Å². The van der Waals surface area contributed by atoms with E-state index in [1.807, 2.05) is 6.92 Å². The summed E-state index contributed by atoms with van der Waals surface area (Å²) < 4.78 is 46.2. The zero-order valence-corrected chi connectivity index (χ0v) is 14.3. The monoisotopic (exact) mass is 356 g/mol. The number of nitrogens with zero attached hydrogens (tertiary/aromatic N) is 1. The van der Waals surface area contributed by atoms with E-state index in [4.69, 9.17) is 4.74 Å². The van der Waals surface area contributed by atoms with Crippen molar-refractivity contribution in [2.45, 2.75) is 18.2 Å². The van der Waals surface area contributed by atoms with Gasteiger partial charge in [0.2, 0.25) is 15.9 Å². The number of hydrogen-bond donors (Lipinski definition) is 1. The molecule has 0 radical (unpaired) electrons. The van der Waals surface area contributed by atoms with Crippen molar-refractivity contribution < 1.29 is 22.3 Å². The summed E-state index contributed by atoms with van der Waals surface area (Å²) in [7, 11) is -3.98. The van der Waals surface area contributed by atoms with Crippen LogP contribution in [0.1, 0.15) is 13.3 Å². The molecule has 6 nitrogen and oxygen atoms in total. The van der Waals surface area contributed by atoms with Gasteiger partial charge in [-0.3, -0.25) is 4.79 Å². The molecule has 132 valence electrons. The van der Waals surface area contributed by atoms with Crippen LogP contribution >= 0.6 is 0 Å². The van der Waals surface area contributed by atoms with Gasteiger partial charge in [-0.05, 0) is 18.6 Å².